The first-order chi connectivity index (χ1) is 13.1. The second-order valence-corrected chi connectivity index (χ2v) is 6.62. The van der Waals surface area contributed by atoms with E-state index in [-0.39, 0.29) is 23.1 Å². The Morgan fingerprint density at radius 3 is 3.07 bits per heavy atom. The number of nitrogens with zero attached hydrogens (tertiary/aromatic N) is 3. The first kappa shape index (κ1) is 17.4. The quantitative estimate of drug-likeness (QED) is 0.520. The van der Waals surface area contributed by atoms with Gasteiger partial charge in [0.1, 0.15) is 10.9 Å². The van der Waals surface area contributed by atoms with E-state index < -0.39 is 0 Å². The maximum Gasteiger partial charge on any atom is 0.278 e. The maximum atomic E-state index is 12.9. The summed E-state index contributed by atoms with van der Waals surface area (Å²) in [6.45, 7) is 3.55. The number of nitrogens with two attached hydrogens (primary N) is 1. The third-order valence-corrected chi connectivity index (χ3v) is 4.94. The Balaban J connectivity index is 1.82. The lowest BCUT2D eigenvalue weighted by Crippen LogP contribution is -2.42. The van der Waals surface area contributed by atoms with E-state index in [1.54, 1.807) is 22.9 Å². The molecular weight excluding hydrogens is 346 g/mol. The molecule has 0 aromatic carbocycles. The Kier molecular flexibility index (Phi) is 4.49. The number of aromatic nitrogens is 3. The molecule has 3 N–H and O–H groups in total. The van der Waals surface area contributed by atoms with Crippen molar-refractivity contribution in [3.8, 4) is 0 Å². The van der Waals surface area contributed by atoms with Gasteiger partial charge in [0.05, 0.1) is 12.6 Å². The maximum absolute atomic E-state index is 12.9. The van der Waals surface area contributed by atoms with E-state index in [1.807, 2.05) is 13.0 Å². The van der Waals surface area contributed by atoms with Crippen LogP contribution >= 0.6 is 0 Å². The van der Waals surface area contributed by atoms with Crippen LogP contribution in [0.25, 0.3) is 16.7 Å². The topological polar surface area (TPSA) is 103 Å². The summed E-state index contributed by atoms with van der Waals surface area (Å²) in [6.07, 6.45) is 3.63. The zero-order chi connectivity index (χ0) is 19.0. The molecule has 0 unspecified atom stereocenters. The van der Waals surface area contributed by atoms with E-state index in [4.69, 9.17) is 10.5 Å². The van der Waals surface area contributed by atoms with E-state index in [0.717, 1.165) is 19.4 Å². The number of aryl methyl sites for hydroxylation is 1. The molecule has 1 aliphatic rings. The molecule has 4 heterocycles. The van der Waals surface area contributed by atoms with Crippen LogP contribution < -0.4 is 21.2 Å². The van der Waals surface area contributed by atoms with Crippen molar-refractivity contribution in [3.05, 3.63) is 46.4 Å². The van der Waals surface area contributed by atoms with Gasteiger partial charge < -0.3 is 15.8 Å². The molecule has 8 heteroatoms. The largest absolute Gasteiger partial charge is 0.376 e. The number of carbonyl (C=O) groups is 1. The van der Waals surface area contributed by atoms with Crippen LogP contribution in [-0.2, 0) is 11.3 Å². The highest BCUT2D eigenvalue weighted by molar-refractivity contribution is 6.00. The highest BCUT2D eigenvalue weighted by Crippen LogP contribution is 2.15. The van der Waals surface area contributed by atoms with Crippen LogP contribution in [0.2, 0.25) is 0 Å². The van der Waals surface area contributed by atoms with Gasteiger partial charge >= 0.3 is 0 Å². The smallest absolute Gasteiger partial charge is 0.278 e. The molecule has 1 fully saturated rings. The summed E-state index contributed by atoms with van der Waals surface area (Å²) in [7, 11) is 0. The second kappa shape index (κ2) is 6.96. The molecule has 3 aromatic heterocycles. The molecule has 1 saturated heterocycles. The van der Waals surface area contributed by atoms with Crippen molar-refractivity contribution in [1.82, 2.24) is 14.7 Å². The summed E-state index contributed by atoms with van der Waals surface area (Å²) < 4.78 is 8.70. The average molecular weight is 368 g/mol. The van der Waals surface area contributed by atoms with Crippen molar-refractivity contribution in [2.45, 2.75) is 32.4 Å². The molecule has 3 aromatic rings. The van der Waals surface area contributed by atoms with Crippen LogP contribution in [0.1, 0.15) is 30.1 Å². The van der Waals surface area contributed by atoms with Gasteiger partial charge in [-0.25, -0.2) is 4.57 Å². The molecule has 0 spiro atoms. The van der Waals surface area contributed by atoms with Crippen LogP contribution in [0.3, 0.4) is 0 Å². The summed E-state index contributed by atoms with van der Waals surface area (Å²) in [5, 5.41) is 3.23. The fourth-order valence-corrected chi connectivity index (χ4v) is 3.51. The van der Waals surface area contributed by atoms with Gasteiger partial charge in [-0.15, -0.1) is 0 Å². The van der Waals surface area contributed by atoms with Gasteiger partial charge in [0.15, 0.2) is 0 Å². The summed E-state index contributed by atoms with van der Waals surface area (Å²) in [4.78, 5) is 30.2. The lowest BCUT2D eigenvalue weighted by atomic mass is 10.1. The highest BCUT2D eigenvalue weighted by atomic mass is 16.5. The first-order valence-corrected chi connectivity index (χ1v) is 9.13. The minimum absolute atomic E-state index is 0.0326. The molecule has 0 aliphatic carbocycles. The van der Waals surface area contributed by atoms with Gasteiger partial charge in [-0.05, 0) is 38.0 Å². The molecule has 0 bridgehead atoms. The number of ether oxygens (including phenoxy) is 1. The average Bonchev–Trinajstić information content (AvgIpc) is 3.20. The summed E-state index contributed by atoms with van der Waals surface area (Å²) >= 11 is 0. The predicted molar refractivity (Wildman–Crippen MR) is 101 cm³/mol. The number of rotatable bonds is 4. The Hall–Kier alpha value is -3.00. The van der Waals surface area contributed by atoms with Crippen molar-refractivity contribution in [1.29, 1.82) is 0 Å². The van der Waals surface area contributed by atoms with Crippen molar-refractivity contribution in [3.63, 3.8) is 0 Å². The van der Waals surface area contributed by atoms with E-state index in [2.05, 4.69) is 10.3 Å². The lowest BCUT2D eigenvalue weighted by Gasteiger charge is -2.13. The Morgan fingerprint density at radius 2 is 2.33 bits per heavy atom. The normalized spacial score (nSPS) is 16.9. The Morgan fingerprint density at radius 1 is 1.48 bits per heavy atom. The van der Waals surface area contributed by atoms with Crippen molar-refractivity contribution in [2.75, 3.05) is 18.9 Å². The third-order valence-electron chi connectivity index (χ3n) is 4.94. The van der Waals surface area contributed by atoms with Gasteiger partial charge in [0.25, 0.3) is 17.1 Å². The number of hydrogen-bond donors (Lipinski definition) is 2. The van der Waals surface area contributed by atoms with Gasteiger partial charge in [-0.1, -0.05) is 11.1 Å². The van der Waals surface area contributed by atoms with Gasteiger partial charge in [-0.3, -0.25) is 14.0 Å². The van der Waals surface area contributed by atoms with Crippen LogP contribution in [0.15, 0.2) is 35.3 Å². The van der Waals surface area contributed by atoms with Crippen LogP contribution in [-0.4, -0.2) is 34.5 Å². The summed E-state index contributed by atoms with van der Waals surface area (Å²) in [6, 6.07) is 6.89. The zero-order valence-corrected chi connectivity index (χ0v) is 15.1. The fraction of sp³-hybridized carbons (Fsp3) is 0.368. The minimum atomic E-state index is -0.315. The number of nitrogen functional groups attached to an aromatic ring is 1. The molecule has 1 amide bonds. The number of hydrogen-bond acceptors (Lipinski definition) is 5. The van der Waals surface area contributed by atoms with E-state index in [0.29, 0.717) is 35.6 Å². The van der Waals surface area contributed by atoms with E-state index >= 15 is 0 Å². The van der Waals surface area contributed by atoms with Gasteiger partial charge in [-0.2, -0.15) is 0 Å². The second-order valence-electron chi connectivity index (χ2n) is 6.62. The Bertz CT molecular complexity index is 1090. The number of anilines is 1. The molecular formula is C19H22N5O3+. The van der Waals surface area contributed by atoms with Crippen LogP contribution in [0, 0.1) is 0 Å². The lowest BCUT2D eigenvalue weighted by molar-refractivity contribution is -0.655. The number of pyridine rings is 2. The number of nitrogens with one attached hydrogen (secondary N) is 1. The molecule has 27 heavy (non-hydrogen) atoms. The number of fused-ring (bicyclic) bond motifs is 2. The third kappa shape index (κ3) is 3.02. The Labute approximate surface area is 155 Å². The molecule has 1 atom stereocenters. The van der Waals surface area contributed by atoms with Crippen molar-refractivity contribution < 1.29 is 14.1 Å². The molecule has 8 nitrogen and oxygen atoms in total. The monoisotopic (exact) mass is 368 g/mol. The summed E-state index contributed by atoms with van der Waals surface area (Å²) in [5.74, 6) is -0.0216. The number of carbonyl (C=O) groups excluding carboxylic acids is 1. The van der Waals surface area contributed by atoms with Crippen LogP contribution in [0.5, 0.6) is 0 Å². The van der Waals surface area contributed by atoms with E-state index in [9.17, 15) is 9.59 Å². The predicted octanol–water partition coefficient (Wildman–Crippen LogP) is 0.646. The number of amides is 1. The van der Waals surface area contributed by atoms with Crippen molar-refractivity contribution >= 4 is 28.4 Å². The van der Waals surface area contributed by atoms with Crippen molar-refractivity contribution in [2.24, 2.45) is 0 Å². The van der Waals surface area contributed by atoms with Gasteiger partial charge in [0, 0.05) is 19.3 Å². The summed E-state index contributed by atoms with van der Waals surface area (Å²) in [5.41, 5.74) is 7.31. The molecule has 4 rings (SSSR count). The standard InChI is InChI=1S/C19H21N5O3/c1-2-23-16(20)13(18(25)21-11-12-6-5-9-27-12)10-14-17(23)22-15-7-3-4-8-24(15)19(14)26/h3-4,7-8,10,12,20H,2,5-6,9,11H2,1H3,(H,21,25)/p+1/t12-/m1/s1. The first-order valence-electron chi connectivity index (χ1n) is 9.13. The zero-order valence-electron chi connectivity index (χ0n) is 15.1. The minimum Gasteiger partial charge on any atom is -0.376 e. The molecule has 140 valence electrons. The molecule has 0 saturated carbocycles. The fourth-order valence-electron chi connectivity index (χ4n) is 3.51. The highest BCUT2D eigenvalue weighted by Gasteiger charge is 2.24. The SMILES string of the molecule is CC[n+]1c(N)c(C(=O)NC[C@H]2CCCO2)cc2c(=O)n3ccccc3nc21. The molecule has 1 aliphatic heterocycles. The van der Waals surface area contributed by atoms with Crippen LogP contribution in [0.4, 0.5) is 5.82 Å². The van der Waals surface area contributed by atoms with E-state index in [1.165, 1.54) is 10.5 Å². The molecule has 0 radical (unpaired) electrons. The van der Waals surface area contributed by atoms with Gasteiger partial charge in [0.2, 0.25) is 11.5 Å².